The van der Waals surface area contributed by atoms with Gasteiger partial charge in [0.05, 0.1) is 11.3 Å². The van der Waals surface area contributed by atoms with Gasteiger partial charge in [0.15, 0.2) is 6.61 Å². The highest BCUT2D eigenvalue weighted by molar-refractivity contribution is 5.81. The fourth-order valence-corrected chi connectivity index (χ4v) is 3.61. The fourth-order valence-electron chi connectivity index (χ4n) is 3.61. The third-order valence-electron chi connectivity index (χ3n) is 5.21. The molecule has 1 amide bonds. The molecule has 0 N–H and O–H groups in total. The lowest BCUT2D eigenvalue weighted by atomic mass is 9.90. The number of esters is 1. The van der Waals surface area contributed by atoms with E-state index in [0.717, 1.165) is 19.3 Å². The van der Waals surface area contributed by atoms with E-state index in [4.69, 9.17) is 4.74 Å². The Morgan fingerprint density at radius 3 is 2.38 bits per heavy atom. The molecule has 3 rings (SSSR count). The van der Waals surface area contributed by atoms with Gasteiger partial charge in [-0.1, -0.05) is 48.5 Å². The Morgan fingerprint density at radius 1 is 1.03 bits per heavy atom. The fraction of sp³-hybridized carbons (Fsp3) is 0.364. The third kappa shape index (κ3) is 5.88. The molecule has 0 spiro atoms. The summed E-state index contributed by atoms with van der Waals surface area (Å²) in [6.45, 7) is 0.971. The number of carbonyl (C=O) groups excluding carboxylic acids is 2. The number of hydrogen-bond donors (Lipinski definition) is 0. The molecular weight excluding hydrogens is 372 g/mol. The van der Waals surface area contributed by atoms with Crippen molar-refractivity contribution in [3.05, 3.63) is 75.8 Å². The summed E-state index contributed by atoms with van der Waals surface area (Å²) in [4.78, 5) is 36.5. The molecule has 0 aromatic heterocycles. The number of carbonyl (C=O) groups is 2. The van der Waals surface area contributed by atoms with Crippen LogP contribution in [-0.2, 0) is 27.2 Å². The van der Waals surface area contributed by atoms with Crippen LogP contribution in [0.4, 0.5) is 5.69 Å². The van der Waals surface area contributed by atoms with Crippen LogP contribution in [0.5, 0.6) is 0 Å². The number of para-hydroxylation sites is 1. The summed E-state index contributed by atoms with van der Waals surface area (Å²) >= 11 is 0. The molecule has 29 heavy (non-hydrogen) atoms. The van der Waals surface area contributed by atoms with Crippen molar-refractivity contribution in [1.82, 2.24) is 4.90 Å². The molecule has 1 saturated heterocycles. The van der Waals surface area contributed by atoms with Crippen molar-refractivity contribution < 1.29 is 19.2 Å². The Labute approximate surface area is 169 Å². The maximum atomic E-state index is 12.3. The van der Waals surface area contributed by atoms with E-state index in [1.807, 2.05) is 18.2 Å². The number of likely N-dealkylation sites (tertiary alicyclic amines) is 1. The number of nitro groups is 1. The topological polar surface area (TPSA) is 89.7 Å². The monoisotopic (exact) mass is 396 g/mol. The van der Waals surface area contributed by atoms with Crippen LogP contribution in [0.1, 0.15) is 24.0 Å². The van der Waals surface area contributed by atoms with Crippen LogP contribution in [0.3, 0.4) is 0 Å². The van der Waals surface area contributed by atoms with Gasteiger partial charge in [-0.05, 0) is 30.7 Å². The van der Waals surface area contributed by atoms with E-state index >= 15 is 0 Å². The molecule has 0 bridgehead atoms. The zero-order valence-electron chi connectivity index (χ0n) is 16.2. The largest absolute Gasteiger partial charge is 0.455 e. The van der Waals surface area contributed by atoms with Gasteiger partial charge in [-0.2, -0.15) is 0 Å². The summed E-state index contributed by atoms with van der Waals surface area (Å²) in [7, 11) is 0. The lowest BCUT2D eigenvalue weighted by Gasteiger charge is -2.32. The Kier molecular flexibility index (Phi) is 6.94. The average Bonchev–Trinajstić information content (AvgIpc) is 2.73. The van der Waals surface area contributed by atoms with Crippen LogP contribution < -0.4 is 0 Å². The number of benzene rings is 2. The van der Waals surface area contributed by atoms with Crippen LogP contribution >= 0.6 is 0 Å². The van der Waals surface area contributed by atoms with Crippen molar-refractivity contribution >= 4 is 17.6 Å². The first-order valence-corrected chi connectivity index (χ1v) is 9.72. The molecule has 152 valence electrons. The number of nitro benzene ring substituents is 1. The van der Waals surface area contributed by atoms with Gasteiger partial charge in [0.25, 0.3) is 11.6 Å². The molecule has 1 aliphatic rings. The van der Waals surface area contributed by atoms with Crippen LogP contribution in [0.25, 0.3) is 0 Å². The highest BCUT2D eigenvalue weighted by atomic mass is 16.6. The van der Waals surface area contributed by atoms with E-state index in [0.29, 0.717) is 19.0 Å². The molecule has 1 aliphatic heterocycles. The number of ether oxygens (including phenoxy) is 1. The van der Waals surface area contributed by atoms with Crippen LogP contribution in [0.15, 0.2) is 54.6 Å². The molecule has 2 aromatic carbocycles. The highest BCUT2D eigenvalue weighted by Crippen LogP contribution is 2.22. The van der Waals surface area contributed by atoms with Crippen molar-refractivity contribution in [3.8, 4) is 0 Å². The zero-order valence-corrected chi connectivity index (χ0v) is 16.2. The molecule has 0 aliphatic carbocycles. The van der Waals surface area contributed by atoms with Crippen molar-refractivity contribution in [2.45, 2.75) is 25.7 Å². The lowest BCUT2D eigenvalue weighted by Crippen LogP contribution is -2.41. The minimum Gasteiger partial charge on any atom is -0.455 e. The first kappa shape index (κ1) is 20.5. The average molecular weight is 396 g/mol. The maximum absolute atomic E-state index is 12.3. The van der Waals surface area contributed by atoms with Crippen molar-refractivity contribution in [2.75, 3.05) is 19.7 Å². The summed E-state index contributed by atoms with van der Waals surface area (Å²) in [6.07, 6.45) is 2.62. The van der Waals surface area contributed by atoms with E-state index in [-0.39, 0.29) is 30.2 Å². The van der Waals surface area contributed by atoms with E-state index < -0.39 is 10.9 Å². The Morgan fingerprint density at radius 2 is 1.69 bits per heavy atom. The van der Waals surface area contributed by atoms with Gasteiger partial charge >= 0.3 is 5.97 Å². The molecule has 0 saturated carbocycles. The number of hydrogen-bond acceptors (Lipinski definition) is 5. The van der Waals surface area contributed by atoms with E-state index in [1.165, 1.54) is 23.8 Å². The Bertz CT molecular complexity index is 861. The van der Waals surface area contributed by atoms with E-state index in [9.17, 15) is 19.7 Å². The summed E-state index contributed by atoms with van der Waals surface area (Å²) in [6, 6.07) is 16.3. The van der Waals surface area contributed by atoms with Gasteiger partial charge in [0, 0.05) is 24.7 Å². The van der Waals surface area contributed by atoms with Crippen LogP contribution in [0, 0.1) is 16.0 Å². The van der Waals surface area contributed by atoms with Gasteiger partial charge in [-0.15, -0.1) is 0 Å². The van der Waals surface area contributed by atoms with Gasteiger partial charge in [-0.3, -0.25) is 19.7 Å². The predicted octanol–water partition coefficient (Wildman–Crippen LogP) is 3.16. The van der Waals surface area contributed by atoms with Gasteiger partial charge in [0.1, 0.15) is 0 Å². The normalized spacial score (nSPS) is 14.4. The molecule has 1 fully saturated rings. The second-order valence-electron chi connectivity index (χ2n) is 7.24. The SMILES string of the molecule is O=C(Cc1ccccc1[N+](=O)[O-])OCC(=O)N1CCC(Cc2ccccc2)CC1. The first-order valence-electron chi connectivity index (χ1n) is 9.72. The third-order valence-corrected chi connectivity index (χ3v) is 5.21. The number of amides is 1. The summed E-state index contributed by atoms with van der Waals surface area (Å²) < 4.78 is 5.07. The second-order valence-corrected chi connectivity index (χ2v) is 7.24. The van der Waals surface area contributed by atoms with Gasteiger partial charge in [0.2, 0.25) is 0 Å². The molecule has 7 nitrogen and oxygen atoms in total. The van der Waals surface area contributed by atoms with Crippen LogP contribution in [-0.4, -0.2) is 41.4 Å². The Balaban J connectivity index is 1.42. The second kappa shape index (κ2) is 9.82. The number of nitrogens with zero attached hydrogens (tertiary/aromatic N) is 2. The van der Waals surface area contributed by atoms with Crippen LogP contribution in [0.2, 0.25) is 0 Å². The molecular formula is C22H24N2O5. The number of piperidine rings is 1. The molecule has 0 unspecified atom stereocenters. The molecule has 2 aromatic rings. The quantitative estimate of drug-likeness (QED) is 0.407. The van der Waals surface area contributed by atoms with Crippen molar-refractivity contribution in [1.29, 1.82) is 0 Å². The summed E-state index contributed by atoms with van der Waals surface area (Å²) in [5.41, 5.74) is 1.45. The van der Waals surface area contributed by atoms with Crippen molar-refractivity contribution in [2.24, 2.45) is 5.92 Å². The predicted molar refractivity (Wildman–Crippen MR) is 107 cm³/mol. The van der Waals surface area contributed by atoms with Gasteiger partial charge < -0.3 is 9.64 Å². The Hall–Kier alpha value is -3.22. The minimum atomic E-state index is -0.647. The van der Waals surface area contributed by atoms with Gasteiger partial charge in [-0.25, -0.2) is 0 Å². The molecule has 0 radical (unpaired) electrons. The maximum Gasteiger partial charge on any atom is 0.311 e. The summed E-state index contributed by atoms with van der Waals surface area (Å²) in [5.74, 6) is -0.326. The summed E-state index contributed by atoms with van der Waals surface area (Å²) in [5, 5.41) is 11.0. The highest BCUT2D eigenvalue weighted by Gasteiger charge is 2.24. The molecule has 7 heteroatoms. The zero-order chi connectivity index (χ0) is 20.6. The van der Waals surface area contributed by atoms with Crippen molar-refractivity contribution in [3.63, 3.8) is 0 Å². The first-order chi connectivity index (χ1) is 14.0. The smallest absolute Gasteiger partial charge is 0.311 e. The van der Waals surface area contributed by atoms with E-state index in [1.54, 1.807) is 11.0 Å². The molecule has 0 atom stereocenters. The lowest BCUT2D eigenvalue weighted by molar-refractivity contribution is -0.385. The van der Waals surface area contributed by atoms with E-state index in [2.05, 4.69) is 12.1 Å². The molecule has 1 heterocycles. The minimum absolute atomic E-state index is 0.128. The standard InChI is InChI=1S/C22H24N2O5/c25-21(16-29-22(26)15-19-8-4-5-9-20(19)24(27)28)23-12-10-18(11-13-23)14-17-6-2-1-3-7-17/h1-9,18H,10-16H2. The number of rotatable bonds is 7.